The Hall–Kier alpha value is -0.680. The Kier molecular flexibility index (Phi) is 6.57. The first-order valence-corrected chi connectivity index (χ1v) is 8.25. The molecular weight excluding hydrogens is 246 g/mol. The van der Waals surface area contributed by atoms with Crippen LogP contribution in [0.4, 0.5) is 0 Å². The normalized spacial score (nSPS) is 14.9. The van der Waals surface area contributed by atoms with Gasteiger partial charge in [0.25, 0.3) is 0 Å². The van der Waals surface area contributed by atoms with Crippen molar-refractivity contribution >= 4 is 10.8 Å². The van der Waals surface area contributed by atoms with Crippen molar-refractivity contribution in [2.75, 3.05) is 18.6 Å². The van der Waals surface area contributed by atoms with E-state index in [2.05, 4.69) is 35.6 Å². The van der Waals surface area contributed by atoms with Crippen LogP contribution in [0.5, 0.6) is 0 Å². The smallest absolute Gasteiger partial charge is 0.0951 e. The molecule has 1 rings (SSSR count). The summed E-state index contributed by atoms with van der Waals surface area (Å²) in [5, 5.41) is 3.43. The third kappa shape index (κ3) is 5.31. The molecule has 4 nitrogen and oxygen atoms in total. The molecule has 2 unspecified atom stereocenters. The van der Waals surface area contributed by atoms with E-state index in [1.807, 2.05) is 12.5 Å². The summed E-state index contributed by atoms with van der Waals surface area (Å²) in [6, 6.07) is 0.354. The Bertz CT molecular complexity index is 376. The predicted octanol–water partition coefficient (Wildman–Crippen LogP) is 1.96. The van der Waals surface area contributed by atoms with Crippen molar-refractivity contribution in [3.05, 3.63) is 18.2 Å². The Balaban J connectivity index is 2.50. The summed E-state index contributed by atoms with van der Waals surface area (Å²) in [6.45, 7) is 8.41. The molecule has 0 aliphatic heterocycles. The molecule has 0 fully saturated rings. The van der Waals surface area contributed by atoms with E-state index < -0.39 is 10.8 Å². The molecule has 0 aromatic carbocycles. The second-order valence-electron chi connectivity index (χ2n) is 5.23. The van der Waals surface area contributed by atoms with Gasteiger partial charge in [0.15, 0.2) is 0 Å². The van der Waals surface area contributed by atoms with Crippen LogP contribution in [0.25, 0.3) is 0 Å². The molecule has 18 heavy (non-hydrogen) atoms. The molecular formula is C13H25N3OS. The Morgan fingerprint density at radius 3 is 2.78 bits per heavy atom. The van der Waals surface area contributed by atoms with E-state index in [1.54, 1.807) is 6.26 Å². The van der Waals surface area contributed by atoms with E-state index in [0.717, 1.165) is 25.3 Å². The lowest BCUT2D eigenvalue weighted by Gasteiger charge is -2.16. The van der Waals surface area contributed by atoms with E-state index in [4.69, 9.17) is 0 Å². The fourth-order valence-corrected chi connectivity index (χ4v) is 2.50. The van der Waals surface area contributed by atoms with Crippen LogP contribution in [0.1, 0.15) is 38.9 Å². The second kappa shape index (κ2) is 7.69. The zero-order valence-electron chi connectivity index (χ0n) is 11.8. The molecule has 104 valence electrons. The van der Waals surface area contributed by atoms with Crippen molar-refractivity contribution in [1.82, 2.24) is 14.9 Å². The van der Waals surface area contributed by atoms with Crippen LogP contribution in [0.2, 0.25) is 0 Å². The number of hydrogen-bond acceptors (Lipinski definition) is 3. The van der Waals surface area contributed by atoms with Gasteiger partial charge < -0.3 is 9.88 Å². The maximum Gasteiger partial charge on any atom is 0.0951 e. The molecule has 0 spiro atoms. The quantitative estimate of drug-likeness (QED) is 0.786. The lowest BCUT2D eigenvalue weighted by atomic mass is 10.2. The molecule has 0 aliphatic rings. The van der Waals surface area contributed by atoms with Crippen molar-refractivity contribution < 1.29 is 4.21 Å². The third-order valence-corrected chi connectivity index (χ3v) is 3.71. The largest absolute Gasteiger partial charge is 0.331 e. The van der Waals surface area contributed by atoms with Crippen LogP contribution in [0.15, 0.2) is 12.5 Å². The number of rotatable bonds is 8. The average Bonchev–Trinajstić information content (AvgIpc) is 2.73. The molecule has 0 bridgehead atoms. The summed E-state index contributed by atoms with van der Waals surface area (Å²) in [6.07, 6.45) is 6.46. The molecule has 2 atom stereocenters. The Morgan fingerprint density at radius 1 is 1.44 bits per heavy atom. The van der Waals surface area contributed by atoms with Crippen LogP contribution in [-0.2, 0) is 17.3 Å². The molecule has 0 amide bonds. The summed E-state index contributed by atoms with van der Waals surface area (Å²) in [7, 11) is -0.715. The lowest BCUT2D eigenvalue weighted by Crippen LogP contribution is -2.21. The highest BCUT2D eigenvalue weighted by atomic mass is 32.2. The van der Waals surface area contributed by atoms with Gasteiger partial charge in [-0.3, -0.25) is 4.21 Å². The summed E-state index contributed by atoms with van der Waals surface area (Å²) in [4.78, 5) is 4.22. The third-order valence-electron chi connectivity index (χ3n) is 2.90. The Morgan fingerprint density at radius 2 is 2.17 bits per heavy atom. The van der Waals surface area contributed by atoms with Gasteiger partial charge >= 0.3 is 0 Å². The summed E-state index contributed by atoms with van der Waals surface area (Å²) in [5.74, 6) is 1.40. The van der Waals surface area contributed by atoms with Crippen molar-refractivity contribution in [1.29, 1.82) is 0 Å². The van der Waals surface area contributed by atoms with Gasteiger partial charge in [-0.15, -0.1) is 0 Å². The van der Waals surface area contributed by atoms with Crippen molar-refractivity contribution in [3.63, 3.8) is 0 Å². The molecule has 0 saturated heterocycles. The number of imidazole rings is 1. The molecule has 0 saturated carbocycles. The maximum absolute atomic E-state index is 11.1. The van der Waals surface area contributed by atoms with Gasteiger partial charge in [0.1, 0.15) is 0 Å². The summed E-state index contributed by atoms with van der Waals surface area (Å²) >= 11 is 0. The monoisotopic (exact) mass is 271 g/mol. The van der Waals surface area contributed by atoms with Gasteiger partial charge in [-0.2, -0.15) is 0 Å². The molecule has 1 heterocycles. The van der Waals surface area contributed by atoms with Crippen LogP contribution in [0, 0.1) is 5.92 Å². The van der Waals surface area contributed by atoms with Crippen molar-refractivity contribution in [2.45, 2.75) is 39.8 Å². The van der Waals surface area contributed by atoms with E-state index in [0.29, 0.717) is 12.0 Å². The topological polar surface area (TPSA) is 46.9 Å². The second-order valence-corrected chi connectivity index (χ2v) is 6.79. The van der Waals surface area contributed by atoms with Crippen LogP contribution in [-0.4, -0.2) is 32.3 Å². The fraction of sp³-hybridized carbons (Fsp3) is 0.769. The van der Waals surface area contributed by atoms with Crippen LogP contribution >= 0.6 is 0 Å². The van der Waals surface area contributed by atoms with Gasteiger partial charge in [0, 0.05) is 41.6 Å². The first-order chi connectivity index (χ1) is 8.50. The average molecular weight is 271 g/mol. The van der Waals surface area contributed by atoms with E-state index in [-0.39, 0.29) is 0 Å². The minimum absolute atomic E-state index is 0.354. The van der Waals surface area contributed by atoms with E-state index >= 15 is 0 Å². The van der Waals surface area contributed by atoms with Crippen LogP contribution < -0.4 is 5.32 Å². The minimum Gasteiger partial charge on any atom is -0.331 e. The minimum atomic E-state index is -0.715. The van der Waals surface area contributed by atoms with Crippen molar-refractivity contribution in [3.8, 4) is 0 Å². The zero-order valence-corrected chi connectivity index (χ0v) is 12.7. The highest BCUT2D eigenvalue weighted by molar-refractivity contribution is 7.84. The lowest BCUT2D eigenvalue weighted by molar-refractivity contribution is 0.488. The Labute approximate surface area is 113 Å². The molecule has 1 aromatic heterocycles. The van der Waals surface area contributed by atoms with Gasteiger partial charge in [0.2, 0.25) is 0 Å². The molecule has 5 heteroatoms. The van der Waals surface area contributed by atoms with E-state index in [9.17, 15) is 4.21 Å². The summed E-state index contributed by atoms with van der Waals surface area (Å²) < 4.78 is 13.3. The van der Waals surface area contributed by atoms with Crippen molar-refractivity contribution in [2.24, 2.45) is 5.92 Å². The predicted molar refractivity (Wildman–Crippen MR) is 77.0 cm³/mol. The van der Waals surface area contributed by atoms with Gasteiger partial charge in [0.05, 0.1) is 12.0 Å². The van der Waals surface area contributed by atoms with Crippen LogP contribution in [0.3, 0.4) is 0 Å². The standard InChI is InChI=1S/C13H25N3OS/c1-11(2)7-14-8-13-9-15-10-16(13)12(3)5-6-18(4)17/h9-12,14H,5-8H2,1-4H3. The molecule has 0 radical (unpaired) electrons. The van der Waals surface area contributed by atoms with Gasteiger partial charge in [-0.25, -0.2) is 4.98 Å². The highest BCUT2D eigenvalue weighted by Gasteiger charge is 2.10. The molecule has 0 aliphatic carbocycles. The fourth-order valence-electron chi connectivity index (χ4n) is 1.83. The first kappa shape index (κ1) is 15.4. The summed E-state index contributed by atoms with van der Waals surface area (Å²) in [5.41, 5.74) is 1.20. The van der Waals surface area contributed by atoms with E-state index in [1.165, 1.54) is 5.69 Å². The molecule has 1 aromatic rings. The number of aromatic nitrogens is 2. The number of nitrogens with one attached hydrogen (secondary N) is 1. The first-order valence-electron chi connectivity index (χ1n) is 6.52. The number of nitrogens with zero attached hydrogens (tertiary/aromatic N) is 2. The SMILES string of the molecule is CC(C)CNCc1cncn1C(C)CCS(C)=O. The number of hydrogen-bond donors (Lipinski definition) is 1. The zero-order chi connectivity index (χ0) is 13.5. The maximum atomic E-state index is 11.1. The molecule has 1 N–H and O–H groups in total. The highest BCUT2D eigenvalue weighted by Crippen LogP contribution is 2.14. The van der Waals surface area contributed by atoms with Gasteiger partial charge in [-0.05, 0) is 25.8 Å². The van der Waals surface area contributed by atoms with Gasteiger partial charge in [-0.1, -0.05) is 13.8 Å².